The van der Waals surface area contributed by atoms with Crippen molar-refractivity contribution < 1.29 is 4.42 Å². The van der Waals surface area contributed by atoms with E-state index in [0.717, 1.165) is 93.5 Å². The molecule has 5 heteroatoms. The quantitative estimate of drug-likeness (QED) is 0.164. The molecule has 0 aliphatic carbocycles. The molecule has 12 aromatic rings. The smallest absolute Gasteiger partial charge is 0.164 e. The molecule has 0 N–H and O–H groups in total. The van der Waals surface area contributed by atoms with Crippen LogP contribution in [0.25, 0.3) is 122 Å². The van der Waals surface area contributed by atoms with Gasteiger partial charge in [-0.2, -0.15) is 0 Å². The predicted molar refractivity (Wildman–Crippen MR) is 242 cm³/mol. The molecule has 0 saturated carbocycles. The Labute approximate surface area is 338 Å². The van der Waals surface area contributed by atoms with E-state index in [2.05, 4.69) is 188 Å². The molecule has 274 valence electrons. The molecule has 0 bridgehead atoms. The summed E-state index contributed by atoms with van der Waals surface area (Å²) in [5, 5.41) is 10.1. The molecule has 12 rings (SSSR count). The van der Waals surface area contributed by atoms with Crippen LogP contribution in [-0.4, -0.2) is 19.9 Å². The Kier molecular flexibility index (Phi) is 7.47. The van der Waals surface area contributed by atoms with Crippen LogP contribution >= 0.6 is 0 Å². The Bertz CT molecular complexity index is 3530. The molecule has 3 aromatic heterocycles. The fraction of sp³-hybridized carbons (Fsp3) is 0. The van der Waals surface area contributed by atoms with E-state index in [4.69, 9.17) is 24.4 Å². The van der Waals surface area contributed by atoms with Gasteiger partial charge in [0.15, 0.2) is 17.5 Å². The molecule has 5 nitrogen and oxygen atoms in total. The number of hydrogen-bond donors (Lipinski definition) is 0. The number of rotatable bonds is 5. The molecule has 0 aliphatic heterocycles. The molecule has 0 unspecified atom stereocenters. The molecular weight excluding hydrogens is 721 g/mol. The van der Waals surface area contributed by atoms with Crippen LogP contribution in [0.4, 0.5) is 0 Å². The second-order valence-corrected chi connectivity index (χ2v) is 15.0. The van der Waals surface area contributed by atoms with Crippen molar-refractivity contribution in [1.82, 2.24) is 19.9 Å². The Balaban J connectivity index is 1.03. The Hall–Kier alpha value is -8.02. The van der Waals surface area contributed by atoms with E-state index in [9.17, 15) is 0 Å². The van der Waals surface area contributed by atoms with E-state index >= 15 is 0 Å². The van der Waals surface area contributed by atoms with Gasteiger partial charge in [-0.1, -0.05) is 146 Å². The summed E-state index contributed by atoms with van der Waals surface area (Å²) in [6.07, 6.45) is 0. The van der Waals surface area contributed by atoms with E-state index < -0.39 is 0 Å². The lowest BCUT2D eigenvalue weighted by atomic mass is 9.95. The standard InChI is InChI=1S/C54H32N4O/c1-2-13-35(14-3-1)51-44-26-28-48-50(49(44)43-19-8-9-20-46(43)55-51)45-32-39(25-27-47(45)59-48)38-17-10-18-40(31-38)52-56-53(41-23-21-33-11-4-6-15-36(33)29-41)58-54(57-52)42-24-22-34-12-5-7-16-37(34)30-42/h1-32H. The van der Waals surface area contributed by atoms with Crippen molar-refractivity contribution in [2.24, 2.45) is 0 Å². The zero-order chi connectivity index (χ0) is 38.9. The van der Waals surface area contributed by atoms with Gasteiger partial charge in [0.2, 0.25) is 0 Å². The third kappa shape index (κ3) is 5.63. The van der Waals surface area contributed by atoms with E-state index in [1.165, 1.54) is 10.8 Å². The fourth-order valence-corrected chi connectivity index (χ4v) is 8.56. The van der Waals surface area contributed by atoms with Crippen LogP contribution < -0.4 is 0 Å². The van der Waals surface area contributed by atoms with Gasteiger partial charge in [-0.25, -0.2) is 19.9 Å². The first-order chi connectivity index (χ1) is 29.2. The number of hydrogen-bond acceptors (Lipinski definition) is 5. The zero-order valence-electron chi connectivity index (χ0n) is 31.7. The predicted octanol–water partition coefficient (Wildman–Crippen LogP) is 14.1. The Morgan fingerprint density at radius 2 is 0.831 bits per heavy atom. The number of nitrogens with zero attached hydrogens (tertiary/aromatic N) is 4. The van der Waals surface area contributed by atoms with Crippen molar-refractivity contribution in [3.63, 3.8) is 0 Å². The third-order valence-corrected chi connectivity index (χ3v) is 11.4. The molecule has 3 heterocycles. The minimum Gasteiger partial charge on any atom is -0.456 e. The molecule has 0 amide bonds. The average molecular weight is 753 g/mol. The highest BCUT2D eigenvalue weighted by atomic mass is 16.3. The van der Waals surface area contributed by atoms with Crippen LogP contribution in [0, 0.1) is 0 Å². The van der Waals surface area contributed by atoms with E-state index in [0.29, 0.717) is 17.5 Å². The van der Waals surface area contributed by atoms with Gasteiger partial charge < -0.3 is 4.42 Å². The summed E-state index contributed by atoms with van der Waals surface area (Å²) in [5.74, 6) is 1.87. The SMILES string of the molecule is c1ccc(-c2nc3ccccc3c3c2ccc2oc4ccc(-c5cccc(-c6nc(-c7ccc8ccccc8c7)nc(-c7ccc8ccccc8c7)n6)c5)cc4c23)cc1. The number of benzene rings is 9. The second kappa shape index (κ2) is 13.3. The first-order valence-electron chi connectivity index (χ1n) is 19.8. The first-order valence-corrected chi connectivity index (χ1v) is 19.8. The monoisotopic (exact) mass is 752 g/mol. The Morgan fingerprint density at radius 3 is 1.54 bits per heavy atom. The van der Waals surface area contributed by atoms with Crippen molar-refractivity contribution in [3.8, 4) is 56.5 Å². The lowest BCUT2D eigenvalue weighted by molar-refractivity contribution is 0.669. The first kappa shape index (κ1) is 33.2. The largest absolute Gasteiger partial charge is 0.456 e. The number of fused-ring (bicyclic) bond motifs is 9. The second-order valence-electron chi connectivity index (χ2n) is 15.0. The van der Waals surface area contributed by atoms with Crippen molar-refractivity contribution in [1.29, 1.82) is 0 Å². The van der Waals surface area contributed by atoms with E-state index in [-0.39, 0.29) is 0 Å². The van der Waals surface area contributed by atoms with Gasteiger partial charge in [-0.3, -0.25) is 0 Å². The molecule has 0 aliphatic rings. The summed E-state index contributed by atoms with van der Waals surface area (Å²) < 4.78 is 6.56. The van der Waals surface area contributed by atoms with Crippen molar-refractivity contribution in [3.05, 3.63) is 194 Å². The lowest BCUT2D eigenvalue weighted by Crippen LogP contribution is -2.00. The summed E-state index contributed by atoms with van der Waals surface area (Å²) >= 11 is 0. The average Bonchev–Trinajstić information content (AvgIpc) is 3.69. The van der Waals surface area contributed by atoms with Gasteiger partial charge in [0.05, 0.1) is 11.2 Å². The molecular formula is C54H32N4O. The summed E-state index contributed by atoms with van der Waals surface area (Å²) in [5.41, 5.74) is 9.58. The van der Waals surface area contributed by atoms with Crippen LogP contribution in [0.5, 0.6) is 0 Å². The van der Waals surface area contributed by atoms with Gasteiger partial charge >= 0.3 is 0 Å². The van der Waals surface area contributed by atoms with Crippen LogP contribution in [0.2, 0.25) is 0 Å². The summed E-state index contributed by atoms with van der Waals surface area (Å²) in [6.45, 7) is 0. The van der Waals surface area contributed by atoms with Crippen LogP contribution in [-0.2, 0) is 0 Å². The highest BCUT2D eigenvalue weighted by Crippen LogP contribution is 2.42. The maximum absolute atomic E-state index is 6.56. The Morgan fingerprint density at radius 1 is 0.288 bits per heavy atom. The molecule has 0 radical (unpaired) electrons. The highest BCUT2D eigenvalue weighted by Gasteiger charge is 2.19. The number of para-hydroxylation sites is 1. The summed E-state index contributed by atoms with van der Waals surface area (Å²) in [7, 11) is 0. The maximum atomic E-state index is 6.56. The van der Waals surface area contributed by atoms with Crippen molar-refractivity contribution in [2.75, 3.05) is 0 Å². The van der Waals surface area contributed by atoms with Crippen molar-refractivity contribution >= 4 is 65.2 Å². The van der Waals surface area contributed by atoms with Gasteiger partial charge in [0.1, 0.15) is 11.2 Å². The summed E-state index contributed by atoms with van der Waals surface area (Å²) in [4.78, 5) is 20.5. The van der Waals surface area contributed by atoms with E-state index in [1.807, 2.05) is 6.07 Å². The molecule has 9 aromatic carbocycles. The summed E-state index contributed by atoms with van der Waals surface area (Å²) in [6, 6.07) is 67.5. The maximum Gasteiger partial charge on any atom is 0.164 e. The number of aromatic nitrogens is 4. The van der Waals surface area contributed by atoms with Crippen molar-refractivity contribution in [2.45, 2.75) is 0 Å². The third-order valence-electron chi connectivity index (χ3n) is 11.4. The lowest BCUT2D eigenvalue weighted by Gasteiger charge is -2.11. The zero-order valence-corrected chi connectivity index (χ0v) is 31.7. The highest BCUT2D eigenvalue weighted by molar-refractivity contribution is 6.28. The van der Waals surface area contributed by atoms with Crippen LogP contribution in [0.3, 0.4) is 0 Å². The van der Waals surface area contributed by atoms with Crippen LogP contribution in [0.1, 0.15) is 0 Å². The number of pyridine rings is 1. The number of furan rings is 1. The van der Waals surface area contributed by atoms with Gasteiger partial charge in [0.25, 0.3) is 0 Å². The molecule has 0 saturated heterocycles. The minimum atomic E-state index is 0.612. The topological polar surface area (TPSA) is 64.7 Å². The van der Waals surface area contributed by atoms with Gasteiger partial charge in [0, 0.05) is 49.2 Å². The normalized spacial score (nSPS) is 11.7. The van der Waals surface area contributed by atoms with E-state index in [1.54, 1.807) is 0 Å². The molecule has 0 spiro atoms. The molecule has 59 heavy (non-hydrogen) atoms. The molecule has 0 atom stereocenters. The van der Waals surface area contributed by atoms with Gasteiger partial charge in [-0.15, -0.1) is 0 Å². The van der Waals surface area contributed by atoms with Crippen LogP contribution in [0.15, 0.2) is 199 Å². The minimum absolute atomic E-state index is 0.612. The molecule has 0 fully saturated rings. The van der Waals surface area contributed by atoms with Gasteiger partial charge in [-0.05, 0) is 81.2 Å². The fourth-order valence-electron chi connectivity index (χ4n) is 8.56.